The summed E-state index contributed by atoms with van der Waals surface area (Å²) in [6, 6.07) is 16.7. The first-order chi connectivity index (χ1) is 11.9. The van der Waals surface area contributed by atoms with Gasteiger partial charge in [0.1, 0.15) is 0 Å². The molecule has 1 unspecified atom stereocenters. The van der Waals surface area contributed by atoms with Gasteiger partial charge >= 0.3 is 0 Å². The van der Waals surface area contributed by atoms with Crippen LogP contribution < -0.4 is 0 Å². The van der Waals surface area contributed by atoms with Crippen molar-refractivity contribution in [1.82, 2.24) is 4.90 Å². The lowest BCUT2D eigenvalue weighted by Crippen LogP contribution is -2.40. The van der Waals surface area contributed by atoms with Crippen molar-refractivity contribution in [3.63, 3.8) is 0 Å². The van der Waals surface area contributed by atoms with E-state index in [-0.39, 0.29) is 5.41 Å². The molecule has 0 amide bonds. The third kappa shape index (κ3) is 4.78. The van der Waals surface area contributed by atoms with Crippen LogP contribution in [0.2, 0.25) is 10.0 Å². The number of rotatable bonds is 8. The van der Waals surface area contributed by atoms with E-state index in [0.717, 1.165) is 23.1 Å². The van der Waals surface area contributed by atoms with Crippen LogP contribution in [0, 0.1) is 5.92 Å². The van der Waals surface area contributed by atoms with Gasteiger partial charge in [0.25, 0.3) is 0 Å². The Balaban J connectivity index is 2.56. The zero-order valence-corrected chi connectivity index (χ0v) is 17.2. The first kappa shape index (κ1) is 20.3. The normalized spacial score (nSPS) is 13.2. The molecular weight excluding hydrogens is 349 g/mol. The van der Waals surface area contributed by atoms with Crippen LogP contribution in [0.25, 0.3) is 0 Å². The Morgan fingerprint density at radius 1 is 0.880 bits per heavy atom. The monoisotopic (exact) mass is 377 g/mol. The largest absolute Gasteiger partial charge is 0.306 e. The fourth-order valence-corrected chi connectivity index (χ4v) is 3.90. The number of hydrogen-bond acceptors (Lipinski definition) is 1. The number of hydrogen-bond donors (Lipinski definition) is 0. The summed E-state index contributed by atoms with van der Waals surface area (Å²) >= 11 is 12.3. The molecule has 1 nitrogen and oxygen atoms in total. The molecular formula is C22H29Cl2N. The van der Waals surface area contributed by atoms with E-state index in [0.29, 0.717) is 5.92 Å². The number of nitrogens with zero attached hydrogens (tertiary/aromatic N) is 1. The molecule has 1 atom stereocenters. The summed E-state index contributed by atoms with van der Waals surface area (Å²) in [6.07, 6.45) is 2.34. The van der Waals surface area contributed by atoms with Gasteiger partial charge in [0.15, 0.2) is 0 Å². The summed E-state index contributed by atoms with van der Waals surface area (Å²) in [5.41, 5.74) is 2.53. The number of halogens is 2. The van der Waals surface area contributed by atoms with Crippen LogP contribution >= 0.6 is 23.2 Å². The van der Waals surface area contributed by atoms with Crippen molar-refractivity contribution < 1.29 is 0 Å². The number of benzene rings is 2. The SMILES string of the molecule is CCCC(CN(C)CC)C(C)(c1ccc(Cl)cc1)c1ccc(Cl)cc1. The van der Waals surface area contributed by atoms with Crippen molar-refractivity contribution in [3.8, 4) is 0 Å². The van der Waals surface area contributed by atoms with E-state index in [1.165, 1.54) is 24.0 Å². The molecule has 0 aliphatic heterocycles. The predicted molar refractivity (Wildman–Crippen MR) is 111 cm³/mol. The highest BCUT2D eigenvalue weighted by Crippen LogP contribution is 2.42. The van der Waals surface area contributed by atoms with Crippen LogP contribution in [-0.4, -0.2) is 25.0 Å². The molecule has 0 saturated carbocycles. The van der Waals surface area contributed by atoms with Gasteiger partial charge in [-0.2, -0.15) is 0 Å². The van der Waals surface area contributed by atoms with E-state index in [4.69, 9.17) is 23.2 Å². The second kappa shape index (κ2) is 9.07. The first-order valence-corrected chi connectivity index (χ1v) is 9.88. The molecule has 0 radical (unpaired) electrons. The Morgan fingerprint density at radius 2 is 1.32 bits per heavy atom. The molecule has 0 aromatic heterocycles. The zero-order valence-electron chi connectivity index (χ0n) is 15.7. The van der Waals surface area contributed by atoms with Crippen molar-refractivity contribution in [1.29, 1.82) is 0 Å². The average molecular weight is 378 g/mol. The molecule has 0 fully saturated rings. The Hall–Kier alpha value is -1.02. The maximum absolute atomic E-state index is 6.15. The van der Waals surface area contributed by atoms with E-state index in [9.17, 15) is 0 Å². The van der Waals surface area contributed by atoms with Crippen LogP contribution in [0.4, 0.5) is 0 Å². The maximum Gasteiger partial charge on any atom is 0.0406 e. The Labute approximate surface area is 163 Å². The molecule has 0 aliphatic rings. The van der Waals surface area contributed by atoms with Crippen LogP contribution in [0.5, 0.6) is 0 Å². The third-order valence-electron chi connectivity index (χ3n) is 5.41. The van der Waals surface area contributed by atoms with Crippen molar-refractivity contribution in [3.05, 3.63) is 69.7 Å². The second-order valence-electron chi connectivity index (χ2n) is 7.06. The molecule has 136 valence electrons. The first-order valence-electron chi connectivity index (χ1n) is 9.12. The second-order valence-corrected chi connectivity index (χ2v) is 7.93. The summed E-state index contributed by atoms with van der Waals surface area (Å²) in [4.78, 5) is 2.41. The Bertz CT molecular complexity index is 603. The highest BCUT2D eigenvalue weighted by atomic mass is 35.5. The summed E-state index contributed by atoms with van der Waals surface area (Å²) in [5.74, 6) is 0.504. The fourth-order valence-electron chi connectivity index (χ4n) is 3.65. The van der Waals surface area contributed by atoms with E-state index in [1.807, 2.05) is 24.3 Å². The van der Waals surface area contributed by atoms with Crippen molar-refractivity contribution in [2.45, 2.75) is 39.0 Å². The quantitative estimate of drug-likeness (QED) is 0.496. The third-order valence-corrected chi connectivity index (χ3v) is 5.92. The van der Waals surface area contributed by atoms with Crippen LogP contribution in [0.3, 0.4) is 0 Å². The van der Waals surface area contributed by atoms with Gasteiger partial charge in [-0.05, 0) is 61.3 Å². The van der Waals surface area contributed by atoms with Gasteiger partial charge in [-0.1, -0.05) is 74.7 Å². The van der Waals surface area contributed by atoms with Crippen LogP contribution in [0.15, 0.2) is 48.5 Å². The molecule has 2 aromatic carbocycles. The van der Waals surface area contributed by atoms with Gasteiger partial charge in [-0.15, -0.1) is 0 Å². The van der Waals surface area contributed by atoms with E-state index < -0.39 is 0 Å². The minimum Gasteiger partial charge on any atom is -0.306 e. The van der Waals surface area contributed by atoms with Gasteiger partial charge in [0, 0.05) is 22.0 Å². The molecule has 2 aromatic rings. The van der Waals surface area contributed by atoms with Gasteiger partial charge in [-0.3, -0.25) is 0 Å². The van der Waals surface area contributed by atoms with Gasteiger partial charge in [0.2, 0.25) is 0 Å². The molecule has 0 N–H and O–H groups in total. The van der Waals surface area contributed by atoms with Crippen LogP contribution in [-0.2, 0) is 5.41 Å². The molecule has 2 rings (SSSR count). The predicted octanol–water partition coefficient (Wildman–Crippen LogP) is 6.67. The summed E-state index contributed by atoms with van der Waals surface area (Å²) in [5, 5.41) is 1.56. The van der Waals surface area contributed by atoms with Gasteiger partial charge in [0.05, 0.1) is 0 Å². The van der Waals surface area contributed by atoms with Crippen molar-refractivity contribution in [2.75, 3.05) is 20.1 Å². The summed E-state index contributed by atoms with van der Waals surface area (Å²) in [7, 11) is 2.20. The Kier molecular flexibility index (Phi) is 7.37. The standard InChI is InChI=1S/C22H29Cl2N/c1-5-7-19(16-25(4)6-2)22(3,17-8-12-20(23)13-9-17)18-10-14-21(24)15-11-18/h8-15,19H,5-7,16H2,1-4H3. The average Bonchev–Trinajstić information content (AvgIpc) is 2.61. The smallest absolute Gasteiger partial charge is 0.0406 e. The molecule has 0 bridgehead atoms. The van der Waals surface area contributed by atoms with E-state index >= 15 is 0 Å². The fraction of sp³-hybridized carbons (Fsp3) is 0.455. The van der Waals surface area contributed by atoms with E-state index in [1.54, 1.807) is 0 Å². The molecule has 25 heavy (non-hydrogen) atoms. The molecule has 0 spiro atoms. The van der Waals surface area contributed by atoms with E-state index in [2.05, 4.69) is 57.0 Å². The molecule has 0 heterocycles. The Morgan fingerprint density at radius 3 is 1.68 bits per heavy atom. The summed E-state index contributed by atoms with van der Waals surface area (Å²) < 4.78 is 0. The molecule has 3 heteroatoms. The van der Waals surface area contributed by atoms with Crippen molar-refractivity contribution >= 4 is 23.2 Å². The topological polar surface area (TPSA) is 3.24 Å². The highest BCUT2D eigenvalue weighted by Gasteiger charge is 2.37. The lowest BCUT2D eigenvalue weighted by Gasteiger charge is -2.41. The molecule has 0 saturated heterocycles. The lowest BCUT2D eigenvalue weighted by atomic mass is 9.65. The van der Waals surface area contributed by atoms with Crippen molar-refractivity contribution in [2.24, 2.45) is 5.92 Å². The summed E-state index contributed by atoms with van der Waals surface area (Å²) in [6.45, 7) is 8.96. The van der Waals surface area contributed by atoms with Gasteiger partial charge in [-0.25, -0.2) is 0 Å². The highest BCUT2D eigenvalue weighted by molar-refractivity contribution is 6.30. The van der Waals surface area contributed by atoms with Crippen LogP contribution in [0.1, 0.15) is 44.7 Å². The maximum atomic E-state index is 6.15. The minimum absolute atomic E-state index is 0.0887. The zero-order chi connectivity index (χ0) is 18.4. The lowest BCUT2D eigenvalue weighted by molar-refractivity contribution is 0.216. The minimum atomic E-state index is -0.0887. The van der Waals surface area contributed by atoms with Gasteiger partial charge < -0.3 is 4.90 Å². The molecule has 0 aliphatic carbocycles.